The van der Waals surface area contributed by atoms with Crippen LogP contribution in [0, 0.1) is 0 Å². The van der Waals surface area contributed by atoms with Gasteiger partial charge in [0.25, 0.3) is 5.56 Å². The fraction of sp³-hybridized carbons (Fsp3) is 0.263. The number of pyridine rings is 2. The van der Waals surface area contributed by atoms with Gasteiger partial charge in [-0.05, 0) is 18.2 Å². The summed E-state index contributed by atoms with van der Waals surface area (Å²) in [5.74, 6) is 1.22. The molecule has 26 heavy (non-hydrogen) atoms. The number of aromatic nitrogens is 4. The summed E-state index contributed by atoms with van der Waals surface area (Å²) in [6.45, 7) is 2.08. The Bertz CT molecular complexity index is 971. The van der Waals surface area contributed by atoms with Crippen molar-refractivity contribution in [1.29, 1.82) is 0 Å². The molecule has 4 rings (SSSR count). The maximum Gasteiger partial charge on any atom is 0.255 e. The van der Waals surface area contributed by atoms with Gasteiger partial charge >= 0.3 is 0 Å². The molecule has 7 heteroatoms. The first-order valence-corrected chi connectivity index (χ1v) is 8.47. The highest BCUT2D eigenvalue weighted by Gasteiger charge is 2.22. The number of nitrogens with one attached hydrogen (secondary N) is 1. The van der Waals surface area contributed by atoms with E-state index in [4.69, 9.17) is 4.74 Å². The number of aromatic amines is 1. The van der Waals surface area contributed by atoms with E-state index in [2.05, 4.69) is 24.8 Å². The molecule has 0 unspecified atom stereocenters. The quantitative estimate of drug-likeness (QED) is 0.773. The molecule has 3 aromatic rings. The highest BCUT2D eigenvalue weighted by molar-refractivity contribution is 5.54. The normalized spacial score (nSPS) is 14.0. The van der Waals surface area contributed by atoms with E-state index < -0.39 is 0 Å². The Morgan fingerprint density at radius 1 is 1.23 bits per heavy atom. The first-order valence-electron chi connectivity index (χ1n) is 8.47. The van der Waals surface area contributed by atoms with Crippen LogP contribution in [0.2, 0.25) is 0 Å². The van der Waals surface area contributed by atoms with E-state index in [-0.39, 0.29) is 5.56 Å². The lowest BCUT2D eigenvalue weighted by Crippen LogP contribution is -2.35. The summed E-state index contributed by atoms with van der Waals surface area (Å²) in [5, 5.41) is 0. The molecule has 0 saturated heterocycles. The van der Waals surface area contributed by atoms with Crippen LogP contribution in [-0.2, 0) is 19.5 Å². The SMILES string of the molecule is COc1ncccc1CN1CCc2nc(-c3ccncc3)[nH]c(=O)c2C1. The third-order valence-electron chi connectivity index (χ3n) is 4.54. The van der Waals surface area contributed by atoms with E-state index in [0.717, 1.165) is 35.3 Å². The minimum atomic E-state index is -0.0790. The second-order valence-electron chi connectivity index (χ2n) is 6.21. The van der Waals surface area contributed by atoms with Crippen molar-refractivity contribution >= 4 is 0 Å². The van der Waals surface area contributed by atoms with Crippen LogP contribution >= 0.6 is 0 Å². The molecule has 1 N–H and O–H groups in total. The maximum absolute atomic E-state index is 12.6. The molecule has 0 saturated carbocycles. The molecular weight excluding hydrogens is 330 g/mol. The van der Waals surface area contributed by atoms with Crippen LogP contribution in [0.3, 0.4) is 0 Å². The van der Waals surface area contributed by atoms with Crippen molar-refractivity contribution in [3.63, 3.8) is 0 Å². The van der Waals surface area contributed by atoms with Crippen molar-refractivity contribution in [3.05, 3.63) is 70.0 Å². The lowest BCUT2D eigenvalue weighted by Gasteiger charge is -2.28. The summed E-state index contributed by atoms with van der Waals surface area (Å²) < 4.78 is 5.32. The second-order valence-corrected chi connectivity index (χ2v) is 6.21. The third-order valence-corrected chi connectivity index (χ3v) is 4.54. The highest BCUT2D eigenvalue weighted by atomic mass is 16.5. The van der Waals surface area contributed by atoms with Crippen LogP contribution in [0.5, 0.6) is 5.88 Å². The van der Waals surface area contributed by atoms with Crippen molar-refractivity contribution < 1.29 is 4.74 Å². The van der Waals surface area contributed by atoms with Crippen LogP contribution in [-0.4, -0.2) is 38.5 Å². The van der Waals surface area contributed by atoms with E-state index >= 15 is 0 Å². The molecular formula is C19H19N5O2. The number of H-pyrrole nitrogens is 1. The Morgan fingerprint density at radius 3 is 2.88 bits per heavy atom. The molecule has 4 heterocycles. The predicted octanol–water partition coefficient (Wildman–Crippen LogP) is 1.79. The Hall–Kier alpha value is -3.06. The van der Waals surface area contributed by atoms with Crippen molar-refractivity contribution in [3.8, 4) is 17.3 Å². The molecule has 0 aromatic carbocycles. The monoisotopic (exact) mass is 349 g/mol. The smallest absolute Gasteiger partial charge is 0.255 e. The predicted molar refractivity (Wildman–Crippen MR) is 96.7 cm³/mol. The Balaban J connectivity index is 1.59. The molecule has 1 aliphatic heterocycles. The minimum Gasteiger partial charge on any atom is -0.481 e. The summed E-state index contributed by atoms with van der Waals surface area (Å²) in [7, 11) is 1.62. The number of rotatable bonds is 4. The van der Waals surface area contributed by atoms with Gasteiger partial charge in [0, 0.05) is 55.8 Å². The van der Waals surface area contributed by atoms with Gasteiger partial charge in [-0.15, -0.1) is 0 Å². The van der Waals surface area contributed by atoms with Crippen LogP contribution < -0.4 is 10.3 Å². The standard InChI is InChI=1S/C19H19N5O2/c1-26-19-14(3-2-7-21-19)11-24-10-6-16-15(12-24)18(25)23-17(22-16)13-4-8-20-9-5-13/h2-5,7-9H,6,10-12H2,1H3,(H,22,23,25). The first kappa shape index (κ1) is 16.4. The lowest BCUT2D eigenvalue weighted by molar-refractivity contribution is 0.237. The van der Waals surface area contributed by atoms with Crippen molar-refractivity contribution in [2.75, 3.05) is 13.7 Å². The van der Waals surface area contributed by atoms with E-state index in [1.54, 1.807) is 25.7 Å². The summed E-state index contributed by atoms with van der Waals surface area (Å²) in [6, 6.07) is 7.57. The number of nitrogens with zero attached hydrogens (tertiary/aromatic N) is 4. The van der Waals surface area contributed by atoms with E-state index in [1.807, 2.05) is 24.3 Å². The van der Waals surface area contributed by atoms with Crippen LogP contribution in [0.15, 0.2) is 47.7 Å². The Labute approximate surface area is 150 Å². The molecule has 7 nitrogen and oxygen atoms in total. The number of ether oxygens (including phenoxy) is 1. The van der Waals surface area contributed by atoms with Gasteiger partial charge in [0.2, 0.25) is 5.88 Å². The van der Waals surface area contributed by atoms with E-state index in [9.17, 15) is 4.79 Å². The second kappa shape index (κ2) is 7.05. The molecule has 3 aromatic heterocycles. The van der Waals surface area contributed by atoms with Crippen LogP contribution in [0.4, 0.5) is 0 Å². The maximum atomic E-state index is 12.6. The van der Waals surface area contributed by atoms with Gasteiger partial charge in [-0.1, -0.05) is 6.07 Å². The van der Waals surface area contributed by atoms with Gasteiger partial charge in [0.15, 0.2) is 0 Å². The van der Waals surface area contributed by atoms with Crippen molar-refractivity contribution in [2.45, 2.75) is 19.5 Å². The minimum absolute atomic E-state index is 0.0790. The summed E-state index contributed by atoms with van der Waals surface area (Å²) in [4.78, 5) is 30.6. The molecule has 0 amide bonds. The van der Waals surface area contributed by atoms with Gasteiger partial charge in [0.1, 0.15) is 5.82 Å². The fourth-order valence-corrected chi connectivity index (χ4v) is 3.23. The summed E-state index contributed by atoms with van der Waals surface area (Å²) >= 11 is 0. The average Bonchev–Trinajstić information content (AvgIpc) is 2.69. The number of hydrogen-bond donors (Lipinski definition) is 1. The van der Waals surface area contributed by atoms with Gasteiger partial charge in [0.05, 0.1) is 18.4 Å². The van der Waals surface area contributed by atoms with E-state index in [0.29, 0.717) is 24.8 Å². The number of fused-ring (bicyclic) bond motifs is 1. The van der Waals surface area contributed by atoms with Crippen LogP contribution in [0.1, 0.15) is 16.8 Å². The highest BCUT2D eigenvalue weighted by Crippen LogP contribution is 2.22. The number of hydrogen-bond acceptors (Lipinski definition) is 6. The zero-order chi connectivity index (χ0) is 17.9. The zero-order valence-electron chi connectivity index (χ0n) is 14.5. The molecule has 0 radical (unpaired) electrons. The largest absolute Gasteiger partial charge is 0.481 e. The molecule has 0 spiro atoms. The van der Waals surface area contributed by atoms with Crippen LogP contribution in [0.25, 0.3) is 11.4 Å². The molecule has 1 aliphatic rings. The molecule has 0 aliphatic carbocycles. The average molecular weight is 349 g/mol. The Kier molecular flexibility index (Phi) is 4.45. The summed E-state index contributed by atoms with van der Waals surface area (Å²) in [6.07, 6.45) is 5.83. The van der Waals surface area contributed by atoms with Crippen molar-refractivity contribution in [2.24, 2.45) is 0 Å². The van der Waals surface area contributed by atoms with Gasteiger partial charge in [-0.2, -0.15) is 0 Å². The first-order chi connectivity index (χ1) is 12.7. The fourth-order valence-electron chi connectivity index (χ4n) is 3.23. The molecule has 0 fully saturated rings. The zero-order valence-corrected chi connectivity index (χ0v) is 14.5. The topological polar surface area (TPSA) is 84.0 Å². The third kappa shape index (κ3) is 3.21. The number of methoxy groups -OCH3 is 1. The van der Waals surface area contributed by atoms with Gasteiger partial charge in [-0.3, -0.25) is 14.7 Å². The van der Waals surface area contributed by atoms with Gasteiger partial charge in [-0.25, -0.2) is 9.97 Å². The molecule has 0 bridgehead atoms. The van der Waals surface area contributed by atoms with Gasteiger partial charge < -0.3 is 9.72 Å². The summed E-state index contributed by atoms with van der Waals surface area (Å²) in [5.41, 5.74) is 3.40. The van der Waals surface area contributed by atoms with E-state index in [1.165, 1.54) is 0 Å². The molecule has 132 valence electrons. The Morgan fingerprint density at radius 2 is 2.08 bits per heavy atom. The van der Waals surface area contributed by atoms with Crippen molar-refractivity contribution in [1.82, 2.24) is 24.8 Å². The lowest BCUT2D eigenvalue weighted by atomic mass is 10.1. The molecule has 0 atom stereocenters.